The molecule has 0 unspecified atom stereocenters. The van der Waals surface area contributed by atoms with Crippen molar-refractivity contribution in [3.05, 3.63) is 42.5 Å². The Balaban J connectivity index is 0.00000176. The van der Waals surface area contributed by atoms with E-state index in [1.165, 1.54) is 0 Å². The van der Waals surface area contributed by atoms with Crippen molar-refractivity contribution >= 4 is 40.7 Å². The average molecular weight is 320 g/mol. The molecule has 1 aliphatic rings. The Morgan fingerprint density at radius 1 is 1.09 bits per heavy atom. The molecule has 0 bridgehead atoms. The summed E-state index contributed by atoms with van der Waals surface area (Å²) in [7, 11) is 0. The van der Waals surface area contributed by atoms with Gasteiger partial charge in [0.1, 0.15) is 0 Å². The molecule has 22 heavy (non-hydrogen) atoms. The van der Waals surface area contributed by atoms with Gasteiger partial charge in [0.05, 0.1) is 12.5 Å². The predicted octanol–water partition coefficient (Wildman–Crippen LogP) is 1.54. The first-order valence-corrected chi connectivity index (χ1v) is 7.00. The third-order valence-electron chi connectivity index (χ3n) is 3.64. The van der Waals surface area contributed by atoms with Crippen LogP contribution >= 0.6 is 12.4 Å². The smallest absolute Gasteiger partial charge is 0.243 e. The van der Waals surface area contributed by atoms with Crippen LogP contribution in [0.2, 0.25) is 0 Å². The van der Waals surface area contributed by atoms with E-state index in [4.69, 9.17) is 0 Å². The maximum Gasteiger partial charge on any atom is 0.243 e. The SMILES string of the molecule is Cl.O=C(CNC(=O)C1CNC1)Nc1cccc2ccccc12. The van der Waals surface area contributed by atoms with Crippen molar-refractivity contribution in [2.24, 2.45) is 5.92 Å². The van der Waals surface area contributed by atoms with Crippen LogP contribution in [0.4, 0.5) is 5.69 Å². The summed E-state index contributed by atoms with van der Waals surface area (Å²) in [6, 6.07) is 13.6. The molecule has 3 rings (SSSR count). The van der Waals surface area contributed by atoms with Crippen LogP contribution in [0.3, 0.4) is 0 Å². The van der Waals surface area contributed by atoms with E-state index in [2.05, 4.69) is 16.0 Å². The number of carbonyl (C=O) groups excluding carboxylic acids is 2. The molecule has 0 radical (unpaired) electrons. The average Bonchev–Trinajstić information content (AvgIpc) is 2.44. The highest BCUT2D eigenvalue weighted by atomic mass is 35.5. The maximum atomic E-state index is 11.9. The Kier molecular flexibility index (Phi) is 5.35. The molecule has 0 saturated carbocycles. The predicted molar refractivity (Wildman–Crippen MR) is 89.2 cm³/mol. The van der Waals surface area contributed by atoms with Crippen molar-refractivity contribution in [2.45, 2.75) is 0 Å². The van der Waals surface area contributed by atoms with Crippen LogP contribution in [-0.4, -0.2) is 31.4 Å². The molecule has 1 aliphatic heterocycles. The molecule has 116 valence electrons. The molecule has 6 heteroatoms. The number of rotatable bonds is 4. The van der Waals surface area contributed by atoms with Gasteiger partial charge in [-0.1, -0.05) is 36.4 Å². The minimum absolute atomic E-state index is 0. The molecule has 1 heterocycles. The van der Waals surface area contributed by atoms with Crippen molar-refractivity contribution in [3.8, 4) is 0 Å². The van der Waals surface area contributed by atoms with Crippen molar-refractivity contribution in [3.63, 3.8) is 0 Å². The molecular formula is C16H18ClN3O2. The lowest BCUT2D eigenvalue weighted by Gasteiger charge is -2.25. The van der Waals surface area contributed by atoms with Gasteiger partial charge in [0.25, 0.3) is 0 Å². The van der Waals surface area contributed by atoms with Gasteiger partial charge in [-0.2, -0.15) is 0 Å². The molecule has 2 aromatic rings. The number of anilines is 1. The van der Waals surface area contributed by atoms with E-state index >= 15 is 0 Å². The molecule has 1 saturated heterocycles. The second-order valence-electron chi connectivity index (χ2n) is 5.15. The standard InChI is InChI=1S/C16H17N3O2.ClH/c20-15(10-18-16(21)12-8-17-9-12)19-14-7-3-5-11-4-1-2-6-13(11)14;/h1-7,12,17H,8-10H2,(H,18,21)(H,19,20);1H. The van der Waals surface area contributed by atoms with E-state index < -0.39 is 0 Å². The summed E-state index contributed by atoms with van der Waals surface area (Å²) < 4.78 is 0. The zero-order chi connectivity index (χ0) is 14.7. The van der Waals surface area contributed by atoms with Crippen LogP contribution in [-0.2, 0) is 9.59 Å². The summed E-state index contributed by atoms with van der Waals surface area (Å²) >= 11 is 0. The number of amides is 2. The van der Waals surface area contributed by atoms with Gasteiger partial charge in [-0.25, -0.2) is 0 Å². The van der Waals surface area contributed by atoms with Crippen LogP contribution in [0, 0.1) is 5.92 Å². The summed E-state index contributed by atoms with van der Waals surface area (Å²) in [5, 5.41) is 10.6. The van der Waals surface area contributed by atoms with E-state index in [1.807, 2.05) is 42.5 Å². The van der Waals surface area contributed by atoms with E-state index in [1.54, 1.807) is 0 Å². The highest BCUT2D eigenvalue weighted by Gasteiger charge is 2.24. The van der Waals surface area contributed by atoms with E-state index in [9.17, 15) is 9.59 Å². The first-order valence-electron chi connectivity index (χ1n) is 7.00. The molecule has 1 fully saturated rings. The normalized spacial score (nSPS) is 13.8. The van der Waals surface area contributed by atoms with Crippen molar-refractivity contribution in [1.82, 2.24) is 10.6 Å². The van der Waals surface area contributed by atoms with Gasteiger partial charge in [-0.3, -0.25) is 9.59 Å². The molecule has 0 atom stereocenters. The molecular weight excluding hydrogens is 302 g/mol. The van der Waals surface area contributed by atoms with Crippen molar-refractivity contribution in [1.29, 1.82) is 0 Å². The summed E-state index contributed by atoms with van der Waals surface area (Å²) in [6.45, 7) is 1.38. The fraction of sp³-hybridized carbons (Fsp3) is 0.250. The number of fused-ring (bicyclic) bond motifs is 1. The number of benzene rings is 2. The Bertz CT molecular complexity index is 681. The second kappa shape index (κ2) is 7.24. The van der Waals surface area contributed by atoms with Gasteiger partial charge in [0, 0.05) is 24.2 Å². The lowest BCUT2D eigenvalue weighted by molar-refractivity contribution is -0.128. The number of nitrogens with one attached hydrogen (secondary N) is 3. The molecule has 0 aliphatic carbocycles. The minimum atomic E-state index is -0.216. The largest absolute Gasteiger partial charge is 0.347 e. The van der Waals surface area contributed by atoms with Gasteiger partial charge in [0.2, 0.25) is 11.8 Å². The van der Waals surface area contributed by atoms with Gasteiger partial charge in [-0.05, 0) is 11.5 Å². The highest BCUT2D eigenvalue weighted by Crippen LogP contribution is 2.22. The molecule has 2 aromatic carbocycles. The molecule has 3 N–H and O–H groups in total. The van der Waals surface area contributed by atoms with Crippen molar-refractivity contribution in [2.75, 3.05) is 25.0 Å². The van der Waals surface area contributed by atoms with Crippen LogP contribution < -0.4 is 16.0 Å². The van der Waals surface area contributed by atoms with Gasteiger partial charge in [0.15, 0.2) is 0 Å². The highest BCUT2D eigenvalue weighted by molar-refractivity contribution is 6.03. The Morgan fingerprint density at radius 2 is 1.82 bits per heavy atom. The summed E-state index contributed by atoms with van der Waals surface area (Å²) in [4.78, 5) is 23.6. The number of hydrogen-bond donors (Lipinski definition) is 3. The Labute approximate surface area is 134 Å². The Morgan fingerprint density at radius 3 is 2.55 bits per heavy atom. The van der Waals surface area contributed by atoms with Gasteiger partial charge in [-0.15, -0.1) is 12.4 Å². The lowest BCUT2D eigenvalue weighted by Crippen LogP contribution is -2.51. The third kappa shape index (κ3) is 3.55. The fourth-order valence-electron chi connectivity index (χ4n) is 2.31. The summed E-state index contributed by atoms with van der Waals surface area (Å²) in [5.74, 6) is -0.288. The topological polar surface area (TPSA) is 70.2 Å². The minimum Gasteiger partial charge on any atom is -0.347 e. The van der Waals surface area contributed by atoms with E-state index in [-0.39, 0.29) is 36.7 Å². The maximum absolute atomic E-state index is 11.9. The number of hydrogen-bond acceptors (Lipinski definition) is 3. The van der Waals surface area contributed by atoms with Crippen LogP contribution in [0.25, 0.3) is 10.8 Å². The van der Waals surface area contributed by atoms with Crippen LogP contribution in [0.15, 0.2) is 42.5 Å². The Hall–Kier alpha value is -2.11. The summed E-state index contributed by atoms with van der Waals surface area (Å²) in [5.41, 5.74) is 0.762. The molecule has 2 amide bonds. The van der Waals surface area contributed by atoms with Crippen LogP contribution in [0.1, 0.15) is 0 Å². The quantitative estimate of drug-likeness (QED) is 0.800. The monoisotopic (exact) mass is 319 g/mol. The van der Waals surface area contributed by atoms with E-state index in [0.29, 0.717) is 13.1 Å². The summed E-state index contributed by atoms with van der Waals surface area (Å²) in [6.07, 6.45) is 0. The molecule has 0 spiro atoms. The van der Waals surface area contributed by atoms with Gasteiger partial charge >= 0.3 is 0 Å². The zero-order valence-corrected chi connectivity index (χ0v) is 12.8. The van der Waals surface area contributed by atoms with Crippen molar-refractivity contribution < 1.29 is 9.59 Å². The second-order valence-corrected chi connectivity index (χ2v) is 5.15. The molecule has 0 aromatic heterocycles. The lowest BCUT2D eigenvalue weighted by atomic mass is 10.0. The van der Waals surface area contributed by atoms with E-state index in [0.717, 1.165) is 16.5 Å². The first kappa shape index (κ1) is 16.3. The first-order chi connectivity index (χ1) is 10.2. The molecule has 5 nitrogen and oxygen atoms in total. The van der Waals surface area contributed by atoms with Gasteiger partial charge < -0.3 is 16.0 Å². The number of carbonyl (C=O) groups is 2. The van der Waals surface area contributed by atoms with Crippen LogP contribution in [0.5, 0.6) is 0 Å². The fourth-order valence-corrected chi connectivity index (χ4v) is 2.31. The third-order valence-corrected chi connectivity index (χ3v) is 3.64. The number of halogens is 1. The zero-order valence-electron chi connectivity index (χ0n) is 12.0.